The van der Waals surface area contributed by atoms with Crippen molar-refractivity contribution in [3.63, 3.8) is 0 Å². The van der Waals surface area contributed by atoms with Gasteiger partial charge < -0.3 is 10.5 Å². The van der Waals surface area contributed by atoms with Crippen LogP contribution in [0.15, 0.2) is 41.2 Å². The lowest BCUT2D eigenvalue weighted by Crippen LogP contribution is -2.19. The number of ketones is 1. The molecule has 2 N–H and O–H groups in total. The van der Waals surface area contributed by atoms with Crippen molar-refractivity contribution in [2.75, 3.05) is 0 Å². The van der Waals surface area contributed by atoms with E-state index in [2.05, 4.69) is 10.5 Å². The largest absolute Gasteiger partial charge is 0.410 e. The van der Waals surface area contributed by atoms with Crippen molar-refractivity contribution in [3.05, 3.63) is 41.6 Å². The third-order valence-electron chi connectivity index (χ3n) is 2.13. The summed E-state index contributed by atoms with van der Waals surface area (Å²) in [6.07, 6.45) is 1.53. The fraction of sp³-hybridized carbons (Fsp3) is 0. The molecule has 5 nitrogen and oxygen atoms in total. The first-order chi connectivity index (χ1) is 7.72. The lowest BCUT2D eigenvalue weighted by molar-refractivity contribution is -0.113. The summed E-state index contributed by atoms with van der Waals surface area (Å²) in [4.78, 5) is 22.7. The van der Waals surface area contributed by atoms with E-state index in [0.717, 1.165) is 5.56 Å². The second-order valence-corrected chi connectivity index (χ2v) is 3.20. The molecule has 0 atom stereocenters. The average molecular weight is 216 g/mol. The standard InChI is InChI=1S/C11H8N2O3/c14-10-8(12-11(15)9(10)13-16)6-7-4-2-1-3-5-7/h1-6,16H,(H,12,15)/b8-6+,13-9-. The van der Waals surface area contributed by atoms with Gasteiger partial charge in [0.25, 0.3) is 5.91 Å². The first kappa shape index (κ1) is 10.1. The number of Topliss-reactive ketones (excluding diaryl/α,β-unsaturated/α-hetero) is 1. The van der Waals surface area contributed by atoms with Crippen LogP contribution in [0.1, 0.15) is 5.56 Å². The first-order valence-electron chi connectivity index (χ1n) is 4.57. The molecule has 1 aliphatic heterocycles. The Balaban J connectivity index is 2.35. The van der Waals surface area contributed by atoms with Crippen LogP contribution in [0.25, 0.3) is 6.08 Å². The van der Waals surface area contributed by atoms with Crippen molar-refractivity contribution < 1.29 is 14.8 Å². The summed E-state index contributed by atoms with van der Waals surface area (Å²) in [5, 5.41) is 13.5. The van der Waals surface area contributed by atoms with E-state index >= 15 is 0 Å². The molecular formula is C11H8N2O3. The number of hydrogen-bond acceptors (Lipinski definition) is 4. The van der Waals surface area contributed by atoms with E-state index in [1.54, 1.807) is 12.1 Å². The van der Waals surface area contributed by atoms with Crippen molar-refractivity contribution in [3.8, 4) is 0 Å². The molecule has 1 fully saturated rings. The monoisotopic (exact) mass is 216 g/mol. The van der Waals surface area contributed by atoms with Crippen LogP contribution in [0, 0.1) is 0 Å². The highest BCUT2D eigenvalue weighted by Gasteiger charge is 2.33. The minimum Gasteiger partial charge on any atom is -0.410 e. The second-order valence-electron chi connectivity index (χ2n) is 3.20. The molecule has 2 rings (SSSR count). The summed E-state index contributed by atoms with van der Waals surface area (Å²) >= 11 is 0. The molecule has 1 heterocycles. The Hall–Kier alpha value is -2.43. The molecule has 1 amide bonds. The van der Waals surface area contributed by atoms with Gasteiger partial charge in [0, 0.05) is 0 Å². The van der Waals surface area contributed by atoms with Crippen LogP contribution in [0.2, 0.25) is 0 Å². The third kappa shape index (κ3) is 1.70. The SMILES string of the molecule is O=C1N/C(=C/c2ccccc2)C(=O)/C1=N/O. The van der Waals surface area contributed by atoms with E-state index in [4.69, 9.17) is 5.21 Å². The molecule has 80 valence electrons. The molecule has 0 bridgehead atoms. The van der Waals surface area contributed by atoms with Crippen molar-refractivity contribution in [1.82, 2.24) is 5.32 Å². The van der Waals surface area contributed by atoms with E-state index in [1.165, 1.54) is 6.08 Å². The van der Waals surface area contributed by atoms with Gasteiger partial charge in [0.05, 0.1) is 5.70 Å². The fourth-order valence-electron chi connectivity index (χ4n) is 1.38. The quantitative estimate of drug-likeness (QED) is 0.409. The number of benzene rings is 1. The Bertz CT molecular complexity index is 503. The molecule has 0 unspecified atom stereocenters. The maximum atomic E-state index is 11.5. The summed E-state index contributed by atoms with van der Waals surface area (Å²) in [5.41, 5.74) is 0.413. The van der Waals surface area contributed by atoms with Gasteiger partial charge in [0.1, 0.15) is 0 Å². The average Bonchev–Trinajstić information content (AvgIpc) is 2.55. The summed E-state index contributed by atoms with van der Waals surface area (Å²) in [5.74, 6) is -1.29. The van der Waals surface area contributed by atoms with Gasteiger partial charge in [-0.15, -0.1) is 0 Å². The van der Waals surface area contributed by atoms with Crippen molar-refractivity contribution in [2.45, 2.75) is 0 Å². The maximum absolute atomic E-state index is 11.5. The van der Waals surface area contributed by atoms with Gasteiger partial charge in [0.15, 0.2) is 0 Å². The predicted molar refractivity (Wildman–Crippen MR) is 56.8 cm³/mol. The van der Waals surface area contributed by atoms with Crippen LogP contribution in [0.4, 0.5) is 0 Å². The van der Waals surface area contributed by atoms with Gasteiger partial charge in [-0.05, 0) is 11.6 Å². The lowest BCUT2D eigenvalue weighted by atomic mass is 10.1. The number of amides is 1. The fourth-order valence-corrected chi connectivity index (χ4v) is 1.38. The Kier molecular flexibility index (Phi) is 2.51. The Morgan fingerprint density at radius 2 is 1.88 bits per heavy atom. The molecule has 0 radical (unpaired) electrons. The molecular weight excluding hydrogens is 208 g/mol. The van der Waals surface area contributed by atoms with Gasteiger partial charge in [-0.25, -0.2) is 0 Å². The molecule has 1 saturated heterocycles. The first-order valence-corrected chi connectivity index (χ1v) is 4.57. The van der Waals surface area contributed by atoms with Crippen molar-refractivity contribution in [2.24, 2.45) is 5.16 Å². The van der Waals surface area contributed by atoms with Crippen molar-refractivity contribution in [1.29, 1.82) is 0 Å². The number of rotatable bonds is 1. The van der Waals surface area contributed by atoms with Gasteiger partial charge >= 0.3 is 0 Å². The number of oxime groups is 1. The van der Waals surface area contributed by atoms with Gasteiger partial charge in [-0.2, -0.15) is 0 Å². The number of nitrogens with one attached hydrogen (secondary N) is 1. The Morgan fingerprint density at radius 1 is 1.19 bits per heavy atom. The van der Waals surface area contributed by atoms with Crippen LogP contribution in [0.3, 0.4) is 0 Å². The molecule has 16 heavy (non-hydrogen) atoms. The molecule has 0 saturated carbocycles. The Labute approximate surface area is 91.1 Å². The summed E-state index contributed by atoms with van der Waals surface area (Å²) < 4.78 is 0. The third-order valence-corrected chi connectivity index (χ3v) is 2.13. The number of allylic oxidation sites excluding steroid dienone is 1. The zero-order valence-electron chi connectivity index (χ0n) is 8.18. The predicted octanol–water partition coefficient (Wildman–Crippen LogP) is 0.557. The van der Waals surface area contributed by atoms with Crippen molar-refractivity contribution >= 4 is 23.5 Å². The van der Waals surface area contributed by atoms with E-state index in [0.29, 0.717) is 0 Å². The molecule has 1 aromatic rings. The van der Waals surface area contributed by atoms with Gasteiger partial charge in [-0.3, -0.25) is 9.59 Å². The Morgan fingerprint density at radius 3 is 2.44 bits per heavy atom. The zero-order chi connectivity index (χ0) is 11.5. The maximum Gasteiger partial charge on any atom is 0.281 e. The van der Waals surface area contributed by atoms with Gasteiger partial charge in [0.2, 0.25) is 11.5 Å². The molecule has 0 aromatic heterocycles. The minimum absolute atomic E-state index is 0.115. The van der Waals surface area contributed by atoms with E-state index in [1.807, 2.05) is 18.2 Å². The molecule has 0 spiro atoms. The number of carbonyl (C=O) groups excluding carboxylic acids is 2. The number of hydrogen-bond donors (Lipinski definition) is 2. The molecule has 1 aromatic carbocycles. The molecule has 1 aliphatic rings. The van der Waals surface area contributed by atoms with Crippen LogP contribution < -0.4 is 5.32 Å². The van der Waals surface area contributed by atoms with E-state index < -0.39 is 17.4 Å². The molecule has 0 aliphatic carbocycles. The highest BCUT2D eigenvalue weighted by molar-refractivity contribution is 6.72. The normalized spacial score (nSPS) is 20.5. The van der Waals surface area contributed by atoms with Gasteiger partial charge in [-0.1, -0.05) is 35.5 Å². The smallest absolute Gasteiger partial charge is 0.281 e. The summed E-state index contributed by atoms with van der Waals surface area (Å²) in [6, 6.07) is 9.06. The second kappa shape index (κ2) is 3.98. The summed E-state index contributed by atoms with van der Waals surface area (Å²) in [6.45, 7) is 0. The van der Waals surface area contributed by atoms with E-state index in [-0.39, 0.29) is 5.70 Å². The minimum atomic E-state index is -0.685. The van der Waals surface area contributed by atoms with E-state index in [9.17, 15) is 9.59 Å². The van der Waals surface area contributed by atoms with Crippen LogP contribution in [0.5, 0.6) is 0 Å². The van der Waals surface area contributed by atoms with Crippen LogP contribution in [-0.2, 0) is 9.59 Å². The highest BCUT2D eigenvalue weighted by atomic mass is 16.4. The van der Waals surface area contributed by atoms with Crippen LogP contribution >= 0.6 is 0 Å². The number of nitrogens with zero attached hydrogens (tertiary/aromatic N) is 1. The topological polar surface area (TPSA) is 78.8 Å². The molecule has 5 heteroatoms. The lowest BCUT2D eigenvalue weighted by Gasteiger charge is -1.95. The number of carbonyl (C=O) groups is 2. The zero-order valence-corrected chi connectivity index (χ0v) is 8.18. The highest BCUT2D eigenvalue weighted by Crippen LogP contribution is 2.10. The van der Waals surface area contributed by atoms with Crippen LogP contribution in [-0.4, -0.2) is 22.6 Å². The summed E-state index contributed by atoms with van der Waals surface area (Å²) in [7, 11) is 0.